The van der Waals surface area contributed by atoms with E-state index in [0.29, 0.717) is 11.8 Å². The van der Waals surface area contributed by atoms with E-state index in [2.05, 4.69) is 13.8 Å². The Labute approximate surface area is 106 Å². The Hall–Kier alpha value is 0.580. The van der Waals surface area contributed by atoms with E-state index in [1.807, 2.05) is 0 Å². The molecule has 2 heteroatoms. The van der Waals surface area contributed by atoms with E-state index >= 15 is 0 Å². The SMILES string of the molecule is CCCCCCCCCC(C)(CCl)CCl. The standard InChI is InChI=1S/C13H26Cl2/c1-3-4-5-6-7-8-9-10-13(2,11-14)12-15/h3-12H2,1-2H3. The normalized spacial score (nSPS) is 12.0. The van der Waals surface area contributed by atoms with Crippen LogP contribution in [0.1, 0.15) is 65.2 Å². The molecule has 0 aliphatic rings. The first-order chi connectivity index (χ1) is 7.18. The molecule has 15 heavy (non-hydrogen) atoms. The van der Waals surface area contributed by atoms with E-state index in [0.717, 1.165) is 0 Å². The van der Waals surface area contributed by atoms with Gasteiger partial charge in [-0.2, -0.15) is 0 Å². The molecular formula is C13H26Cl2. The molecule has 0 amide bonds. The van der Waals surface area contributed by atoms with Crippen molar-refractivity contribution in [2.75, 3.05) is 11.8 Å². The van der Waals surface area contributed by atoms with Crippen LogP contribution in [-0.4, -0.2) is 11.8 Å². The molecule has 0 nitrogen and oxygen atoms in total. The molecule has 92 valence electrons. The minimum atomic E-state index is 0.159. The van der Waals surface area contributed by atoms with Crippen LogP contribution >= 0.6 is 23.2 Å². The van der Waals surface area contributed by atoms with Gasteiger partial charge in [-0.05, 0) is 11.8 Å². The van der Waals surface area contributed by atoms with E-state index in [1.54, 1.807) is 0 Å². The van der Waals surface area contributed by atoms with Gasteiger partial charge in [0.1, 0.15) is 0 Å². The van der Waals surface area contributed by atoms with Crippen LogP contribution in [0.15, 0.2) is 0 Å². The summed E-state index contributed by atoms with van der Waals surface area (Å²) in [7, 11) is 0. The first-order valence-corrected chi connectivity index (χ1v) is 7.37. The van der Waals surface area contributed by atoms with E-state index in [-0.39, 0.29) is 5.41 Å². The number of unbranched alkanes of at least 4 members (excludes halogenated alkanes) is 6. The van der Waals surface area contributed by atoms with Gasteiger partial charge in [0.15, 0.2) is 0 Å². The molecule has 0 spiro atoms. The van der Waals surface area contributed by atoms with Crippen LogP contribution in [0, 0.1) is 5.41 Å². The minimum absolute atomic E-state index is 0.159. The van der Waals surface area contributed by atoms with Crippen LogP contribution in [0.25, 0.3) is 0 Å². The van der Waals surface area contributed by atoms with Gasteiger partial charge in [-0.25, -0.2) is 0 Å². The predicted octanol–water partition coefficient (Wildman–Crippen LogP) is 5.61. The molecule has 0 rings (SSSR count). The van der Waals surface area contributed by atoms with Crippen LogP contribution in [0.3, 0.4) is 0 Å². The van der Waals surface area contributed by atoms with Crippen molar-refractivity contribution in [2.45, 2.75) is 65.2 Å². The lowest BCUT2D eigenvalue weighted by Gasteiger charge is -2.23. The Morgan fingerprint density at radius 1 is 0.800 bits per heavy atom. The maximum Gasteiger partial charge on any atom is 0.0288 e. The van der Waals surface area contributed by atoms with Gasteiger partial charge in [0, 0.05) is 11.8 Å². The fourth-order valence-electron chi connectivity index (χ4n) is 1.68. The smallest absolute Gasteiger partial charge is 0.0288 e. The maximum absolute atomic E-state index is 5.91. The zero-order valence-corrected chi connectivity index (χ0v) is 11.8. The highest BCUT2D eigenvalue weighted by Gasteiger charge is 2.20. The lowest BCUT2D eigenvalue weighted by Crippen LogP contribution is -2.20. The van der Waals surface area contributed by atoms with Crippen molar-refractivity contribution < 1.29 is 0 Å². The fourth-order valence-corrected chi connectivity index (χ4v) is 2.23. The Kier molecular flexibility index (Phi) is 10.2. The van der Waals surface area contributed by atoms with Crippen LogP contribution in [0.2, 0.25) is 0 Å². The molecule has 0 atom stereocenters. The summed E-state index contributed by atoms with van der Waals surface area (Å²) >= 11 is 11.8. The molecule has 0 aliphatic heterocycles. The van der Waals surface area contributed by atoms with Crippen molar-refractivity contribution in [3.8, 4) is 0 Å². The third-order valence-corrected chi connectivity index (χ3v) is 4.32. The fraction of sp³-hybridized carbons (Fsp3) is 1.00. The van der Waals surface area contributed by atoms with Crippen LogP contribution in [-0.2, 0) is 0 Å². The average molecular weight is 253 g/mol. The second-order valence-corrected chi connectivity index (χ2v) is 5.48. The number of rotatable bonds is 10. The van der Waals surface area contributed by atoms with Crippen molar-refractivity contribution in [3.05, 3.63) is 0 Å². The molecule has 0 saturated carbocycles. The van der Waals surface area contributed by atoms with Crippen molar-refractivity contribution >= 4 is 23.2 Å². The van der Waals surface area contributed by atoms with E-state index < -0.39 is 0 Å². The second kappa shape index (κ2) is 9.78. The van der Waals surface area contributed by atoms with Crippen molar-refractivity contribution in [1.29, 1.82) is 0 Å². The van der Waals surface area contributed by atoms with Crippen molar-refractivity contribution in [1.82, 2.24) is 0 Å². The highest BCUT2D eigenvalue weighted by atomic mass is 35.5. The third-order valence-electron chi connectivity index (χ3n) is 3.03. The van der Waals surface area contributed by atoms with Gasteiger partial charge in [-0.3, -0.25) is 0 Å². The molecular weight excluding hydrogens is 227 g/mol. The average Bonchev–Trinajstić information content (AvgIpc) is 2.27. The summed E-state index contributed by atoms with van der Waals surface area (Å²) < 4.78 is 0. The van der Waals surface area contributed by atoms with Gasteiger partial charge in [-0.15, -0.1) is 23.2 Å². The second-order valence-electron chi connectivity index (χ2n) is 4.95. The zero-order chi connectivity index (χ0) is 11.6. The van der Waals surface area contributed by atoms with Gasteiger partial charge < -0.3 is 0 Å². The lowest BCUT2D eigenvalue weighted by molar-refractivity contribution is 0.367. The summed E-state index contributed by atoms with van der Waals surface area (Å²) in [5, 5.41) is 0. The van der Waals surface area contributed by atoms with Crippen LogP contribution in [0.5, 0.6) is 0 Å². The van der Waals surface area contributed by atoms with Gasteiger partial charge in [0.2, 0.25) is 0 Å². The first-order valence-electron chi connectivity index (χ1n) is 6.30. The molecule has 0 aliphatic carbocycles. The summed E-state index contributed by atoms with van der Waals surface area (Å²) in [5.74, 6) is 1.37. The van der Waals surface area contributed by atoms with E-state index in [1.165, 1.54) is 51.4 Å². The highest BCUT2D eigenvalue weighted by Crippen LogP contribution is 2.27. The summed E-state index contributed by atoms with van der Waals surface area (Å²) in [6.45, 7) is 4.44. The minimum Gasteiger partial charge on any atom is -0.126 e. The molecule has 0 aromatic heterocycles. The molecule has 0 fully saturated rings. The molecule has 0 bridgehead atoms. The largest absolute Gasteiger partial charge is 0.126 e. The van der Waals surface area contributed by atoms with Gasteiger partial charge in [-0.1, -0.05) is 58.8 Å². The third kappa shape index (κ3) is 8.39. The molecule has 0 heterocycles. The Balaban J connectivity index is 3.29. The predicted molar refractivity (Wildman–Crippen MR) is 72.2 cm³/mol. The Morgan fingerprint density at radius 3 is 1.73 bits per heavy atom. The molecule has 0 N–H and O–H groups in total. The van der Waals surface area contributed by atoms with Crippen LogP contribution in [0.4, 0.5) is 0 Å². The zero-order valence-electron chi connectivity index (χ0n) is 10.3. The van der Waals surface area contributed by atoms with Gasteiger partial charge in [0.05, 0.1) is 0 Å². The first kappa shape index (κ1) is 15.6. The van der Waals surface area contributed by atoms with E-state index in [4.69, 9.17) is 23.2 Å². The number of halogens is 2. The lowest BCUT2D eigenvalue weighted by atomic mass is 9.88. The summed E-state index contributed by atoms with van der Waals surface area (Å²) in [6, 6.07) is 0. The molecule has 0 aromatic rings. The number of alkyl halides is 2. The Bertz CT molecular complexity index is 130. The van der Waals surface area contributed by atoms with Crippen molar-refractivity contribution in [2.24, 2.45) is 5.41 Å². The summed E-state index contributed by atoms with van der Waals surface area (Å²) in [6.07, 6.45) is 10.7. The number of hydrogen-bond acceptors (Lipinski definition) is 0. The molecule has 0 radical (unpaired) electrons. The van der Waals surface area contributed by atoms with Crippen LogP contribution < -0.4 is 0 Å². The van der Waals surface area contributed by atoms with Crippen molar-refractivity contribution in [3.63, 3.8) is 0 Å². The highest BCUT2D eigenvalue weighted by molar-refractivity contribution is 6.21. The summed E-state index contributed by atoms with van der Waals surface area (Å²) in [4.78, 5) is 0. The van der Waals surface area contributed by atoms with E-state index in [9.17, 15) is 0 Å². The monoisotopic (exact) mass is 252 g/mol. The quantitative estimate of drug-likeness (QED) is 0.350. The molecule has 0 saturated heterocycles. The maximum atomic E-state index is 5.91. The molecule has 0 aromatic carbocycles. The summed E-state index contributed by atoms with van der Waals surface area (Å²) in [5.41, 5.74) is 0.159. The van der Waals surface area contributed by atoms with Gasteiger partial charge in [0.25, 0.3) is 0 Å². The topological polar surface area (TPSA) is 0 Å². The Morgan fingerprint density at radius 2 is 1.27 bits per heavy atom. The van der Waals surface area contributed by atoms with Gasteiger partial charge >= 0.3 is 0 Å². The molecule has 0 unspecified atom stereocenters. The number of hydrogen-bond donors (Lipinski definition) is 0.